The van der Waals surface area contributed by atoms with Crippen molar-refractivity contribution >= 4 is 5.95 Å². The van der Waals surface area contributed by atoms with Gasteiger partial charge in [0.1, 0.15) is 0 Å². The molecule has 2 aromatic heterocycles. The second-order valence-electron chi connectivity index (χ2n) is 5.20. The van der Waals surface area contributed by atoms with Gasteiger partial charge in [-0.1, -0.05) is 12.8 Å². The Kier molecular flexibility index (Phi) is 3.44. The Bertz CT molecular complexity index is 516. The van der Waals surface area contributed by atoms with Gasteiger partial charge in [0.05, 0.1) is 12.2 Å². The highest BCUT2D eigenvalue weighted by Crippen LogP contribution is 2.33. The molecule has 0 spiro atoms. The largest absolute Gasteiger partial charge is 0.338 e. The fourth-order valence-corrected chi connectivity index (χ4v) is 2.69. The van der Waals surface area contributed by atoms with Crippen LogP contribution in [-0.4, -0.2) is 27.2 Å². The molecule has 0 amide bonds. The molecule has 0 unspecified atom stereocenters. The smallest absolute Gasteiger partial charge is 0.225 e. The summed E-state index contributed by atoms with van der Waals surface area (Å²) < 4.78 is 0. The van der Waals surface area contributed by atoms with E-state index in [4.69, 9.17) is 4.98 Å². The first-order valence-corrected chi connectivity index (χ1v) is 6.85. The van der Waals surface area contributed by atoms with Crippen LogP contribution >= 0.6 is 0 Å². The first-order chi connectivity index (χ1) is 9.33. The van der Waals surface area contributed by atoms with Crippen LogP contribution in [0.1, 0.15) is 43.0 Å². The van der Waals surface area contributed by atoms with Gasteiger partial charge in [0.2, 0.25) is 5.95 Å². The zero-order chi connectivity index (χ0) is 13.1. The van der Waals surface area contributed by atoms with Gasteiger partial charge in [0.15, 0.2) is 0 Å². The number of aromatic nitrogens is 4. The standard InChI is InChI=1S/C14H19N5/c1-19(10-12-6-9-16-18-12)14-15-8-7-13(17-14)11-4-2-3-5-11/h6-9,11H,2-5,10H2,1H3,(H,16,18). The average molecular weight is 257 g/mol. The molecule has 100 valence electrons. The van der Waals surface area contributed by atoms with Crippen molar-refractivity contribution in [2.75, 3.05) is 11.9 Å². The van der Waals surface area contributed by atoms with Crippen LogP contribution in [0.3, 0.4) is 0 Å². The zero-order valence-electron chi connectivity index (χ0n) is 11.2. The van der Waals surface area contributed by atoms with E-state index in [0.717, 1.165) is 18.2 Å². The lowest BCUT2D eigenvalue weighted by Gasteiger charge is -2.17. The first-order valence-electron chi connectivity index (χ1n) is 6.85. The lowest BCUT2D eigenvalue weighted by Crippen LogP contribution is -2.20. The van der Waals surface area contributed by atoms with Crippen LogP contribution in [0.2, 0.25) is 0 Å². The topological polar surface area (TPSA) is 57.7 Å². The van der Waals surface area contributed by atoms with E-state index in [2.05, 4.69) is 21.2 Å². The van der Waals surface area contributed by atoms with E-state index in [1.165, 1.54) is 31.4 Å². The van der Waals surface area contributed by atoms with Crippen LogP contribution in [0.15, 0.2) is 24.5 Å². The molecule has 3 rings (SSSR count). The lowest BCUT2D eigenvalue weighted by molar-refractivity contribution is 0.688. The monoisotopic (exact) mass is 257 g/mol. The SMILES string of the molecule is CN(Cc1ccn[nH]1)c1nccc(C2CCCC2)n1. The summed E-state index contributed by atoms with van der Waals surface area (Å²) in [6.07, 6.45) is 8.82. The summed E-state index contributed by atoms with van der Waals surface area (Å²) in [5.74, 6) is 1.42. The van der Waals surface area contributed by atoms with Crippen molar-refractivity contribution in [2.45, 2.75) is 38.1 Å². The minimum Gasteiger partial charge on any atom is -0.338 e. The molecule has 5 nitrogen and oxygen atoms in total. The number of rotatable bonds is 4. The van der Waals surface area contributed by atoms with E-state index < -0.39 is 0 Å². The number of hydrogen-bond donors (Lipinski definition) is 1. The Morgan fingerprint density at radius 3 is 2.84 bits per heavy atom. The Labute approximate surface area is 113 Å². The summed E-state index contributed by atoms with van der Waals surface area (Å²) in [6, 6.07) is 4.03. The molecule has 1 fully saturated rings. The number of aromatic amines is 1. The summed E-state index contributed by atoms with van der Waals surface area (Å²) in [4.78, 5) is 11.1. The summed E-state index contributed by atoms with van der Waals surface area (Å²) in [5, 5.41) is 6.92. The van der Waals surface area contributed by atoms with Crippen LogP contribution in [0.4, 0.5) is 5.95 Å². The summed E-state index contributed by atoms with van der Waals surface area (Å²) >= 11 is 0. The lowest BCUT2D eigenvalue weighted by atomic mass is 10.0. The molecule has 19 heavy (non-hydrogen) atoms. The molecule has 0 aliphatic heterocycles. The Hall–Kier alpha value is -1.91. The van der Waals surface area contributed by atoms with Gasteiger partial charge in [0, 0.05) is 31.1 Å². The first kappa shape index (κ1) is 12.1. The van der Waals surface area contributed by atoms with E-state index in [1.54, 1.807) is 6.20 Å². The average Bonchev–Trinajstić information content (AvgIpc) is 3.12. The van der Waals surface area contributed by atoms with Crippen molar-refractivity contribution in [3.8, 4) is 0 Å². The molecule has 0 saturated heterocycles. The molecule has 1 aliphatic carbocycles. The second-order valence-corrected chi connectivity index (χ2v) is 5.20. The molecule has 0 aromatic carbocycles. The van der Waals surface area contributed by atoms with Crippen molar-refractivity contribution in [1.82, 2.24) is 20.2 Å². The Balaban J connectivity index is 1.74. The number of hydrogen-bond acceptors (Lipinski definition) is 4. The molecule has 1 N–H and O–H groups in total. The third-order valence-electron chi connectivity index (χ3n) is 3.75. The quantitative estimate of drug-likeness (QED) is 0.914. The molecule has 1 saturated carbocycles. The van der Waals surface area contributed by atoms with Gasteiger partial charge in [-0.25, -0.2) is 9.97 Å². The van der Waals surface area contributed by atoms with E-state index >= 15 is 0 Å². The van der Waals surface area contributed by atoms with Crippen molar-refractivity contribution in [1.29, 1.82) is 0 Å². The summed E-state index contributed by atoms with van der Waals surface area (Å²) in [5.41, 5.74) is 2.26. The fraction of sp³-hybridized carbons (Fsp3) is 0.500. The van der Waals surface area contributed by atoms with Gasteiger partial charge >= 0.3 is 0 Å². The van der Waals surface area contributed by atoms with Crippen LogP contribution in [0, 0.1) is 0 Å². The minimum absolute atomic E-state index is 0.627. The maximum Gasteiger partial charge on any atom is 0.225 e. The molecule has 5 heteroatoms. The molecule has 0 bridgehead atoms. The third-order valence-corrected chi connectivity index (χ3v) is 3.75. The van der Waals surface area contributed by atoms with Gasteiger partial charge in [0.25, 0.3) is 0 Å². The van der Waals surface area contributed by atoms with E-state index in [1.807, 2.05) is 24.2 Å². The predicted octanol–water partition coefficient (Wildman–Crippen LogP) is 2.49. The van der Waals surface area contributed by atoms with Crippen LogP contribution < -0.4 is 4.90 Å². The summed E-state index contributed by atoms with van der Waals surface area (Å²) in [6.45, 7) is 0.744. The molecule has 0 radical (unpaired) electrons. The van der Waals surface area contributed by atoms with E-state index in [9.17, 15) is 0 Å². The highest BCUT2D eigenvalue weighted by atomic mass is 15.2. The maximum atomic E-state index is 4.72. The minimum atomic E-state index is 0.627. The zero-order valence-corrected chi connectivity index (χ0v) is 11.2. The third kappa shape index (κ3) is 2.75. The summed E-state index contributed by atoms with van der Waals surface area (Å²) in [7, 11) is 2.01. The van der Waals surface area contributed by atoms with Crippen LogP contribution in [0.5, 0.6) is 0 Å². The van der Waals surface area contributed by atoms with E-state index in [-0.39, 0.29) is 0 Å². The van der Waals surface area contributed by atoms with Gasteiger partial charge in [-0.05, 0) is 25.0 Å². The predicted molar refractivity (Wildman–Crippen MR) is 73.9 cm³/mol. The van der Waals surface area contributed by atoms with Crippen molar-refractivity contribution in [2.24, 2.45) is 0 Å². The van der Waals surface area contributed by atoms with Gasteiger partial charge in [-0.15, -0.1) is 0 Å². The second kappa shape index (κ2) is 5.38. The molecule has 1 aliphatic rings. The Morgan fingerprint density at radius 1 is 1.26 bits per heavy atom. The maximum absolute atomic E-state index is 4.72. The van der Waals surface area contributed by atoms with Gasteiger partial charge in [-0.2, -0.15) is 5.10 Å². The highest BCUT2D eigenvalue weighted by molar-refractivity contribution is 5.30. The number of nitrogens with one attached hydrogen (secondary N) is 1. The van der Waals surface area contributed by atoms with Crippen molar-refractivity contribution in [3.05, 3.63) is 35.9 Å². The normalized spacial score (nSPS) is 15.8. The molecule has 0 atom stereocenters. The number of anilines is 1. The van der Waals surface area contributed by atoms with Crippen molar-refractivity contribution < 1.29 is 0 Å². The van der Waals surface area contributed by atoms with E-state index in [0.29, 0.717) is 5.92 Å². The fourth-order valence-electron chi connectivity index (χ4n) is 2.69. The Morgan fingerprint density at radius 2 is 2.11 bits per heavy atom. The van der Waals surface area contributed by atoms with Gasteiger partial charge < -0.3 is 4.90 Å². The van der Waals surface area contributed by atoms with Crippen molar-refractivity contribution in [3.63, 3.8) is 0 Å². The number of nitrogens with zero attached hydrogens (tertiary/aromatic N) is 4. The van der Waals surface area contributed by atoms with Crippen LogP contribution in [0.25, 0.3) is 0 Å². The molecular weight excluding hydrogens is 238 g/mol. The van der Waals surface area contributed by atoms with Crippen LogP contribution in [-0.2, 0) is 6.54 Å². The molecule has 2 aromatic rings. The molecule has 2 heterocycles. The highest BCUT2D eigenvalue weighted by Gasteiger charge is 2.19. The number of H-pyrrole nitrogens is 1. The van der Waals surface area contributed by atoms with Gasteiger partial charge in [-0.3, -0.25) is 5.10 Å². The molecular formula is C14H19N5.